The van der Waals surface area contributed by atoms with E-state index in [1.165, 1.54) is 0 Å². The molecule has 1 atom stereocenters. The number of aryl methyl sites for hydroxylation is 1. The second kappa shape index (κ2) is 7.15. The van der Waals surface area contributed by atoms with Gasteiger partial charge in [0.05, 0.1) is 5.75 Å². The Morgan fingerprint density at radius 3 is 2.95 bits per heavy atom. The SMILES string of the molecule is NCCCC1CCCN1S(=O)(=O)CCc1ccccn1. The molecular weight excluding hydrogens is 274 g/mol. The van der Waals surface area contributed by atoms with Gasteiger partial charge in [-0.3, -0.25) is 4.98 Å². The molecule has 1 aromatic heterocycles. The fraction of sp³-hybridized carbons (Fsp3) is 0.643. The standard InChI is InChI=1S/C14H23N3O2S/c15-9-3-6-14-7-4-11-17(14)20(18,19)12-8-13-5-1-2-10-16-13/h1-2,5,10,14H,3-4,6-9,11-12,15H2. The van der Waals surface area contributed by atoms with Crippen LogP contribution in [0.25, 0.3) is 0 Å². The number of hydrogen-bond donors (Lipinski definition) is 1. The molecule has 2 N–H and O–H groups in total. The molecule has 1 aromatic rings. The van der Waals surface area contributed by atoms with Crippen LogP contribution in [0.2, 0.25) is 0 Å². The summed E-state index contributed by atoms with van der Waals surface area (Å²) in [6.45, 7) is 1.28. The third kappa shape index (κ3) is 4.01. The zero-order chi connectivity index (χ0) is 14.4. The summed E-state index contributed by atoms with van der Waals surface area (Å²) in [5.41, 5.74) is 6.35. The van der Waals surface area contributed by atoms with Crippen molar-refractivity contribution in [3.63, 3.8) is 0 Å². The van der Waals surface area contributed by atoms with Gasteiger partial charge in [0.1, 0.15) is 0 Å². The summed E-state index contributed by atoms with van der Waals surface area (Å²) in [7, 11) is -3.19. The van der Waals surface area contributed by atoms with Gasteiger partial charge in [-0.05, 0) is 44.4 Å². The summed E-state index contributed by atoms with van der Waals surface area (Å²) in [4.78, 5) is 4.18. The van der Waals surface area contributed by atoms with Crippen molar-refractivity contribution in [3.8, 4) is 0 Å². The molecule has 0 amide bonds. The van der Waals surface area contributed by atoms with Crippen LogP contribution in [0, 0.1) is 0 Å². The molecule has 0 bridgehead atoms. The average Bonchev–Trinajstić information content (AvgIpc) is 2.93. The summed E-state index contributed by atoms with van der Waals surface area (Å²) >= 11 is 0. The molecule has 6 heteroatoms. The quantitative estimate of drug-likeness (QED) is 0.819. The highest BCUT2D eigenvalue weighted by Gasteiger charge is 2.33. The van der Waals surface area contributed by atoms with E-state index in [9.17, 15) is 8.42 Å². The first-order valence-corrected chi connectivity index (χ1v) is 8.84. The minimum atomic E-state index is -3.19. The van der Waals surface area contributed by atoms with Crippen molar-refractivity contribution in [1.82, 2.24) is 9.29 Å². The van der Waals surface area contributed by atoms with Gasteiger partial charge >= 0.3 is 0 Å². The van der Waals surface area contributed by atoms with Gasteiger partial charge in [0.15, 0.2) is 0 Å². The van der Waals surface area contributed by atoms with E-state index < -0.39 is 10.0 Å². The maximum absolute atomic E-state index is 12.4. The molecule has 112 valence electrons. The lowest BCUT2D eigenvalue weighted by Gasteiger charge is -2.23. The van der Waals surface area contributed by atoms with E-state index in [-0.39, 0.29) is 11.8 Å². The van der Waals surface area contributed by atoms with Crippen LogP contribution in [0.4, 0.5) is 0 Å². The van der Waals surface area contributed by atoms with Crippen LogP contribution in [0.1, 0.15) is 31.4 Å². The minimum Gasteiger partial charge on any atom is -0.330 e. The van der Waals surface area contributed by atoms with Crippen LogP contribution in [0.3, 0.4) is 0 Å². The minimum absolute atomic E-state index is 0.142. The zero-order valence-electron chi connectivity index (χ0n) is 11.7. The monoisotopic (exact) mass is 297 g/mol. The van der Waals surface area contributed by atoms with E-state index in [4.69, 9.17) is 5.73 Å². The maximum atomic E-state index is 12.4. The first-order valence-electron chi connectivity index (χ1n) is 7.23. The van der Waals surface area contributed by atoms with Gasteiger partial charge < -0.3 is 5.73 Å². The molecule has 5 nitrogen and oxygen atoms in total. The number of rotatable bonds is 7. The molecule has 1 unspecified atom stereocenters. The van der Waals surface area contributed by atoms with Crippen LogP contribution < -0.4 is 5.73 Å². The first-order chi connectivity index (χ1) is 9.63. The molecule has 1 saturated heterocycles. The highest BCUT2D eigenvalue weighted by Crippen LogP contribution is 2.25. The third-order valence-corrected chi connectivity index (χ3v) is 5.68. The van der Waals surface area contributed by atoms with E-state index in [0.29, 0.717) is 19.5 Å². The highest BCUT2D eigenvalue weighted by atomic mass is 32.2. The largest absolute Gasteiger partial charge is 0.330 e. The number of nitrogens with two attached hydrogens (primary N) is 1. The third-order valence-electron chi connectivity index (χ3n) is 3.76. The second-order valence-corrected chi connectivity index (χ2v) is 7.27. The number of pyridine rings is 1. The van der Waals surface area contributed by atoms with Gasteiger partial charge in [0, 0.05) is 30.9 Å². The van der Waals surface area contributed by atoms with Gasteiger partial charge in [-0.2, -0.15) is 4.31 Å². The predicted molar refractivity (Wildman–Crippen MR) is 79.7 cm³/mol. The van der Waals surface area contributed by atoms with Crippen molar-refractivity contribution in [1.29, 1.82) is 0 Å². The Morgan fingerprint density at radius 1 is 1.40 bits per heavy atom. The van der Waals surface area contributed by atoms with Crippen molar-refractivity contribution >= 4 is 10.0 Å². The highest BCUT2D eigenvalue weighted by molar-refractivity contribution is 7.89. The average molecular weight is 297 g/mol. The van der Waals surface area contributed by atoms with Crippen molar-refractivity contribution in [2.24, 2.45) is 5.73 Å². The van der Waals surface area contributed by atoms with Crippen LogP contribution in [-0.2, 0) is 16.4 Å². The van der Waals surface area contributed by atoms with Crippen LogP contribution >= 0.6 is 0 Å². The number of sulfonamides is 1. The lowest BCUT2D eigenvalue weighted by atomic mass is 10.1. The Bertz CT molecular complexity index is 504. The molecule has 0 spiro atoms. The lowest BCUT2D eigenvalue weighted by molar-refractivity contribution is 0.365. The Balaban J connectivity index is 1.95. The van der Waals surface area contributed by atoms with Crippen LogP contribution in [0.15, 0.2) is 24.4 Å². The molecule has 1 fully saturated rings. The molecule has 1 aliphatic heterocycles. The Kier molecular flexibility index (Phi) is 5.51. The van der Waals surface area contributed by atoms with E-state index in [1.807, 2.05) is 18.2 Å². The summed E-state index contributed by atoms with van der Waals surface area (Å²) in [5.74, 6) is 0.142. The number of hydrogen-bond acceptors (Lipinski definition) is 4. The predicted octanol–water partition coefficient (Wildman–Crippen LogP) is 1.16. The summed E-state index contributed by atoms with van der Waals surface area (Å²) in [6.07, 6.45) is 5.85. The number of nitrogens with zero attached hydrogens (tertiary/aromatic N) is 2. The van der Waals surface area contributed by atoms with Gasteiger partial charge in [-0.25, -0.2) is 8.42 Å². The van der Waals surface area contributed by atoms with Gasteiger partial charge in [0.25, 0.3) is 0 Å². The molecule has 2 heterocycles. The van der Waals surface area contributed by atoms with Gasteiger partial charge in [-0.15, -0.1) is 0 Å². The van der Waals surface area contributed by atoms with Crippen molar-refractivity contribution in [2.45, 2.75) is 38.1 Å². The lowest BCUT2D eigenvalue weighted by Crippen LogP contribution is -2.37. The number of aromatic nitrogens is 1. The van der Waals surface area contributed by atoms with E-state index >= 15 is 0 Å². The molecule has 0 aliphatic carbocycles. The fourth-order valence-corrected chi connectivity index (χ4v) is 4.49. The Morgan fingerprint density at radius 2 is 2.25 bits per heavy atom. The topological polar surface area (TPSA) is 76.3 Å². The zero-order valence-corrected chi connectivity index (χ0v) is 12.6. The maximum Gasteiger partial charge on any atom is 0.214 e. The van der Waals surface area contributed by atoms with Gasteiger partial charge in [0.2, 0.25) is 10.0 Å². The second-order valence-electron chi connectivity index (χ2n) is 5.22. The first kappa shape index (κ1) is 15.4. The Hall–Kier alpha value is -0.980. The molecule has 0 radical (unpaired) electrons. The van der Waals surface area contributed by atoms with Crippen LogP contribution in [-0.4, -0.2) is 42.6 Å². The Labute approximate surface area is 121 Å². The van der Waals surface area contributed by atoms with Crippen molar-refractivity contribution in [3.05, 3.63) is 30.1 Å². The van der Waals surface area contributed by atoms with E-state index in [1.54, 1.807) is 10.5 Å². The molecule has 2 rings (SSSR count). The van der Waals surface area contributed by atoms with Crippen LogP contribution in [0.5, 0.6) is 0 Å². The van der Waals surface area contributed by atoms with E-state index in [0.717, 1.165) is 31.4 Å². The molecule has 1 aliphatic rings. The fourth-order valence-electron chi connectivity index (χ4n) is 2.71. The molecule has 0 aromatic carbocycles. The molecule has 0 saturated carbocycles. The normalized spacial score (nSPS) is 20.4. The van der Waals surface area contributed by atoms with E-state index in [2.05, 4.69) is 4.98 Å². The summed E-state index contributed by atoms with van der Waals surface area (Å²) in [6, 6.07) is 5.73. The smallest absolute Gasteiger partial charge is 0.214 e. The molecule has 20 heavy (non-hydrogen) atoms. The van der Waals surface area contributed by atoms with Crippen molar-refractivity contribution < 1.29 is 8.42 Å². The summed E-state index contributed by atoms with van der Waals surface area (Å²) in [5, 5.41) is 0. The molecular formula is C14H23N3O2S. The summed E-state index contributed by atoms with van der Waals surface area (Å²) < 4.78 is 26.6. The van der Waals surface area contributed by atoms with Crippen molar-refractivity contribution in [2.75, 3.05) is 18.8 Å². The van der Waals surface area contributed by atoms with Gasteiger partial charge in [-0.1, -0.05) is 6.07 Å².